The van der Waals surface area contributed by atoms with Gasteiger partial charge in [-0.15, -0.1) is 0 Å². The molecule has 3 N–H and O–H groups in total. The molecule has 0 aliphatic rings. The van der Waals surface area contributed by atoms with E-state index in [1.165, 1.54) is 0 Å². The van der Waals surface area contributed by atoms with Crippen molar-refractivity contribution < 1.29 is 0 Å². The average Bonchev–Trinajstić information content (AvgIpc) is 2.51. The number of rotatable bonds is 2. The Morgan fingerprint density at radius 2 is 2.19 bits per heavy atom. The van der Waals surface area contributed by atoms with Gasteiger partial charge in [0.1, 0.15) is 0 Å². The molecule has 1 heterocycles. The third-order valence-corrected chi connectivity index (χ3v) is 2.70. The lowest BCUT2D eigenvalue weighted by Crippen LogP contribution is -1.96. The van der Waals surface area contributed by atoms with Crippen molar-refractivity contribution in [3.8, 4) is 0 Å². The first kappa shape index (κ1) is 10.8. The number of halogens is 1. The Labute approximate surface area is 99.0 Å². The largest absolute Gasteiger partial charge is 0.394 e. The summed E-state index contributed by atoms with van der Waals surface area (Å²) >= 11 is 6.03. The summed E-state index contributed by atoms with van der Waals surface area (Å²) in [7, 11) is 1.82. The molecule has 0 aliphatic heterocycles. The third kappa shape index (κ3) is 2.12. The Hall–Kier alpha value is -1.68. The molecule has 5 heteroatoms. The molecule has 0 saturated heterocycles. The highest BCUT2D eigenvalue weighted by molar-refractivity contribution is 6.31. The van der Waals surface area contributed by atoms with Crippen molar-refractivity contribution in [3.05, 3.63) is 35.0 Å². The molecule has 0 fully saturated rings. The van der Waals surface area contributed by atoms with E-state index in [1.807, 2.05) is 32.2 Å². The van der Waals surface area contributed by atoms with Crippen molar-refractivity contribution >= 4 is 28.8 Å². The lowest BCUT2D eigenvalue weighted by molar-refractivity contribution is 0.771. The molecular formula is C11H13ClN4. The second-order valence-electron chi connectivity index (χ2n) is 3.70. The van der Waals surface area contributed by atoms with E-state index in [0.29, 0.717) is 11.5 Å². The van der Waals surface area contributed by atoms with E-state index in [-0.39, 0.29) is 0 Å². The summed E-state index contributed by atoms with van der Waals surface area (Å²) < 4.78 is 1.66. The van der Waals surface area contributed by atoms with Gasteiger partial charge >= 0.3 is 0 Å². The van der Waals surface area contributed by atoms with E-state index in [2.05, 4.69) is 10.4 Å². The maximum Gasteiger partial charge on any atom is 0.175 e. The molecule has 0 atom stereocenters. The average molecular weight is 237 g/mol. The van der Waals surface area contributed by atoms with Crippen LogP contribution in [0.15, 0.2) is 24.4 Å². The summed E-state index contributed by atoms with van der Waals surface area (Å²) in [4.78, 5) is 0. The van der Waals surface area contributed by atoms with E-state index >= 15 is 0 Å². The number of nitrogen functional groups attached to an aromatic ring is 1. The van der Waals surface area contributed by atoms with Gasteiger partial charge in [0.05, 0.1) is 5.69 Å². The molecule has 2 rings (SSSR count). The van der Waals surface area contributed by atoms with Crippen LogP contribution in [0.25, 0.3) is 0 Å². The first-order valence-electron chi connectivity index (χ1n) is 4.88. The number of nitrogens with two attached hydrogens (primary N) is 1. The predicted molar refractivity (Wildman–Crippen MR) is 67.1 cm³/mol. The van der Waals surface area contributed by atoms with Gasteiger partial charge in [-0.05, 0) is 24.6 Å². The van der Waals surface area contributed by atoms with Crippen LogP contribution >= 0.6 is 11.6 Å². The van der Waals surface area contributed by atoms with E-state index in [4.69, 9.17) is 17.3 Å². The van der Waals surface area contributed by atoms with Gasteiger partial charge in [0, 0.05) is 24.0 Å². The summed E-state index contributed by atoms with van der Waals surface area (Å²) in [6.07, 6.45) is 1.75. The molecule has 0 saturated carbocycles. The molecule has 0 aliphatic carbocycles. The number of nitrogens with one attached hydrogen (secondary N) is 1. The van der Waals surface area contributed by atoms with Gasteiger partial charge in [0.15, 0.2) is 5.82 Å². The van der Waals surface area contributed by atoms with Crippen molar-refractivity contribution in [2.24, 2.45) is 7.05 Å². The molecule has 0 unspecified atom stereocenters. The fraction of sp³-hybridized carbons (Fsp3) is 0.182. The molecule has 2 aromatic rings. The molecular weight excluding hydrogens is 224 g/mol. The van der Waals surface area contributed by atoms with Gasteiger partial charge in [-0.2, -0.15) is 5.10 Å². The van der Waals surface area contributed by atoms with Crippen LogP contribution in [0, 0.1) is 6.92 Å². The SMILES string of the molecule is Cc1ccc(Nc2nn(C)cc2N)cc1Cl. The zero-order valence-corrected chi connectivity index (χ0v) is 9.92. The maximum atomic E-state index is 6.03. The molecule has 16 heavy (non-hydrogen) atoms. The molecule has 0 spiro atoms. The van der Waals surface area contributed by atoms with E-state index in [0.717, 1.165) is 16.3 Å². The first-order chi connectivity index (χ1) is 7.56. The van der Waals surface area contributed by atoms with E-state index < -0.39 is 0 Å². The fourth-order valence-electron chi connectivity index (χ4n) is 1.41. The Kier molecular flexibility index (Phi) is 2.75. The zero-order valence-electron chi connectivity index (χ0n) is 9.16. The van der Waals surface area contributed by atoms with Gasteiger partial charge < -0.3 is 11.1 Å². The minimum atomic E-state index is 0.610. The number of nitrogens with zero attached hydrogens (tertiary/aromatic N) is 2. The zero-order chi connectivity index (χ0) is 11.7. The Morgan fingerprint density at radius 1 is 1.44 bits per heavy atom. The van der Waals surface area contributed by atoms with Crippen LogP contribution in [0.2, 0.25) is 5.02 Å². The quantitative estimate of drug-likeness (QED) is 0.843. The number of anilines is 3. The predicted octanol–water partition coefficient (Wildman–Crippen LogP) is 2.71. The summed E-state index contributed by atoms with van der Waals surface area (Å²) in [5, 5.41) is 8.04. The van der Waals surface area contributed by atoms with Crippen LogP contribution in [0.4, 0.5) is 17.2 Å². The fourth-order valence-corrected chi connectivity index (χ4v) is 1.59. The molecule has 0 bridgehead atoms. The van der Waals surface area contributed by atoms with Crippen molar-refractivity contribution in [1.82, 2.24) is 9.78 Å². The maximum absolute atomic E-state index is 6.03. The number of aromatic nitrogens is 2. The highest BCUT2D eigenvalue weighted by Gasteiger charge is 2.05. The van der Waals surface area contributed by atoms with Crippen LogP contribution in [-0.4, -0.2) is 9.78 Å². The normalized spacial score (nSPS) is 10.4. The highest BCUT2D eigenvalue weighted by atomic mass is 35.5. The standard InChI is InChI=1S/C11H13ClN4/c1-7-3-4-8(5-9(7)12)14-11-10(13)6-16(2)15-11/h3-6H,13H2,1-2H3,(H,14,15). The van der Waals surface area contributed by atoms with Crippen molar-refractivity contribution in [2.75, 3.05) is 11.1 Å². The summed E-state index contributed by atoms with van der Waals surface area (Å²) in [6.45, 7) is 1.96. The number of hydrogen-bond acceptors (Lipinski definition) is 3. The Morgan fingerprint density at radius 3 is 2.75 bits per heavy atom. The second-order valence-corrected chi connectivity index (χ2v) is 4.10. The summed E-state index contributed by atoms with van der Waals surface area (Å²) in [5.74, 6) is 0.641. The van der Waals surface area contributed by atoms with Gasteiger partial charge in [-0.3, -0.25) is 4.68 Å². The molecule has 1 aromatic heterocycles. The Balaban J connectivity index is 2.27. The topological polar surface area (TPSA) is 55.9 Å². The van der Waals surface area contributed by atoms with Gasteiger partial charge in [-0.25, -0.2) is 0 Å². The lowest BCUT2D eigenvalue weighted by atomic mass is 10.2. The smallest absolute Gasteiger partial charge is 0.175 e. The summed E-state index contributed by atoms with van der Waals surface area (Å²) in [5.41, 5.74) is 8.31. The molecule has 0 amide bonds. The number of aryl methyl sites for hydroxylation is 2. The van der Waals surface area contributed by atoms with Crippen molar-refractivity contribution in [3.63, 3.8) is 0 Å². The second kappa shape index (κ2) is 4.06. The third-order valence-electron chi connectivity index (χ3n) is 2.29. The van der Waals surface area contributed by atoms with Crippen LogP contribution < -0.4 is 11.1 Å². The van der Waals surface area contributed by atoms with Crippen LogP contribution in [0.3, 0.4) is 0 Å². The van der Waals surface area contributed by atoms with Crippen LogP contribution in [-0.2, 0) is 7.05 Å². The van der Waals surface area contributed by atoms with Crippen molar-refractivity contribution in [2.45, 2.75) is 6.92 Å². The lowest BCUT2D eigenvalue weighted by Gasteiger charge is -2.05. The first-order valence-corrected chi connectivity index (χ1v) is 5.26. The van der Waals surface area contributed by atoms with Gasteiger partial charge in [-0.1, -0.05) is 17.7 Å². The summed E-state index contributed by atoms with van der Waals surface area (Å²) in [6, 6.07) is 5.74. The molecule has 84 valence electrons. The highest BCUT2D eigenvalue weighted by Crippen LogP contribution is 2.24. The Bertz CT molecular complexity index is 519. The monoisotopic (exact) mass is 236 g/mol. The van der Waals surface area contributed by atoms with Crippen molar-refractivity contribution in [1.29, 1.82) is 0 Å². The van der Waals surface area contributed by atoms with E-state index in [1.54, 1.807) is 10.9 Å². The molecule has 4 nitrogen and oxygen atoms in total. The van der Waals surface area contributed by atoms with Gasteiger partial charge in [0.2, 0.25) is 0 Å². The molecule has 0 radical (unpaired) electrons. The molecule has 1 aromatic carbocycles. The van der Waals surface area contributed by atoms with Gasteiger partial charge in [0.25, 0.3) is 0 Å². The van der Waals surface area contributed by atoms with E-state index in [9.17, 15) is 0 Å². The minimum Gasteiger partial charge on any atom is -0.394 e. The van der Waals surface area contributed by atoms with Crippen LogP contribution in [0.5, 0.6) is 0 Å². The minimum absolute atomic E-state index is 0.610. The number of hydrogen-bond donors (Lipinski definition) is 2. The number of benzene rings is 1. The van der Waals surface area contributed by atoms with Crippen LogP contribution in [0.1, 0.15) is 5.56 Å².